The Bertz CT molecular complexity index is 803. The summed E-state index contributed by atoms with van der Waals surface area (Å²) in [6, 6.07) is 0. The molecule has 0 aliphatic carbocycles. The van der Waals surface area contributed by atoms with Gasteiger partial charge in [0.15, 0.2) is 0 Å². The second-order valence-electron chi connectivity index (χ2n) is 15.6. The molecule has 0 unspecified atom stereocenters. The van der Waals surface area contributed by atoms with Gasteiger partial charge >= 0.3 is 11.9 Å². The van der Waals surface area contributed by atoms with E-state index in [-0.39, 0.29) is 18.5 Å². The predicted molar refractivity (Wildman–Crippen MR) is 227 cm³/mol. The number of rotatable bonds is 41. The van der Waals surface area contributed by atoms with Crippen LogP contribution < -0.4 is 0 Å². The molecule has 0 heterocycles. The Morgan fingerprint density at radius 1 is 0.415 bits per heavy atom. The van der Waals surface area contributed by atoms with Crippen LogP contribution >= 0.6 is 0 Å². The van der Waals surface area contributed by atoms with Crippen LogP contribution in [0, 0.1) is 0 Å². The fraction of sp³-hybridized carbons (Fsp3) is 0.872. The summed E-state index contributed by atoms with van der Waals surface area (Å²) in [4.78, 5) is 27.8. The molecule has 6 heteroatoms. The molecule has 1 N–H and O–H groups in total. The normalized spacial score (nSPS) is 12.2. The third-order valence-corrected chi connectivity index (χ3v) is 10.4. The van der Waals surface area contributed by atoms with Crippen LogP contribution in [0.4, 0.5) is 0 Å². The Morgan fingerprint density at radius 2 is 0.717 bits per heavy atom. The van der Waals surface area contributed by atoms with Gasteiger partial charge < -0.3 is 19.5 Å². The van der Waals surface area contributed by atoms with Crippen LogP contribution in [0.5, 0.6) is 0 Å². The van der Waals surface area contributed by atoms with E-state index in [0.29, 0.717) is 13.2 Å². The van der Waals surface area contributed by atoms with Crippen LogP contribution in [0.3, 0.4) is 0 Å². The molecule has 0 aliphatic heterocycles. The van der Waals surface area contributed by atoms with Crippen molar-refractivity contribution >= 4 is 11.9 Å². The van der Waals surface area contributed by atoms with E-state index in [2.05, 4.69) is 32.6 Å². The van der Waals surface area contributed by atoms with Crippen molar-refractivity contribution in [3.05, 3.63) is 23.3 Å². The molecule has 0 radical (unpaired) electrons. The first kappa shape index (κ1) is 51.3. The van der Waals surface area contributed by atoms with E-state index in [1.807, 2.05) is 0 Å². The van der Waals surface area contributed by atoms with Gasteiger partial charge in [0, 0.05) is 25.3 Å². The van der Waals surface area contributed by atoms with Gasteiger partial charge in [0.1, 0.15) is 0 Å². The van der Waals surface area contributed by atoms with Gasteiger partial charge in [-0.1, -0.05) is 154 Å². The van der Waals surface area contributed by atoms with Crippen LogP contribution in [0.1, 0.15) is 227 Å². The summed E-state index contributed by atoms with van der Waals surface area (Å²) in [6.45, 7) is 12.8. The van der Waals surface area contributed by atoms with Gasteiger partial charge in [-0.2, -0.15) is 0 Å². The average Bonchev–Trinajstić information content (AvgIpc) is 3.15. The highest BCUT2D eigenvalue weighted by molar-refractivity contribution is 5.83. The molecule has 0 bridgehead atoms. The van der Waals surface area contributed by atoms with E-state index in [9.17, 15) is 14.7 Å². The summed E-state index contributed by atoms with van der Waals surface area (Å²) in [5, 5.41) is 9.44. The molecule has 0 fully saturated rings. The van der Waals surface area contributed by atoms with Gasteiger partial charge in [-0.15, -0.1) is 0 Å². The van der Waals surface area contributed by atoms with Crippen LogP contribution in [-0.4, -0.2) is 61.4 Å². The van der Waals surface area contributed by atoms with Crippen molar-refractivity contribution in [2.75, 3.05) is 39.5 Å². The van der Waals surface area contributed by atoms with Crippen LogP contribution in [-0.2, 0) is 19.1 Å². The number of allylic oxidation sites excluding steroid dienone is 2. The summed E-state index contributed by atoms with van der Waals surface area (Å²) < 4.78 is 11.3. The van der Waals surface area contributed by atoms with Crippen molar-refractivity contribution < 1.29 is 24.2 Å². The number of hydrogen-bond acceptors (Lipinski definition) is 6. The maximum Gasteiger partial charge on any atom is 0.330 e. The highest BCUT2D eigenvalue weighted by atomic mass is 16.5. The molecule has 312 valence electrons. The van der Waals surface area contributed by atoms with E-state index in [1.165, 1.54) is 140 Å². The fourth-order valence-corrected chi connectivity index (χ4v) is 6.98. The third kappa shape index (κ3) is 37.1. The zero-order valence-corrected chi connectivity index (χ0v) is 35.8. The quantitative estimate of drug-likeness (QED) is 0.0381. The maximum atomic E-state index is 12.7. The van der Waals surface area contributed by atoms with Gasteiger partial charge in [-0.05, 0) is 96.6 Å². The number of aliphatic hydroxyl groups is 1. The Balaban J connectivity index is 4.60. The smallest absolute Gasteiger partial charge is 0.330 e. The number of carbonyl (C=O) groups excluding carboxylic acids is 2. The number of nitrogens with zero attached hydrogens (tertiary/aromatic N) is 1. The lowest BCUT2D eigenvalue weighted by Gasteiger charge is -2.21. The average molecular weight is 748 g/mol. The van der Waals surface area contributed by atoms with Crippen molar-refractivity contribution in [1.29, 1.82) is 0 Å². The molecule has 0 aliphatic rings. The Morgan fingerprint density at radius 3 is 1.04 bits per heavy atom. The minimum atomic E-state index is -0.178. The number of unbranched alkanes of at least 4 members (excludes halogenated alkanes) is 20. The minimum Gasteiger partial charge on any atom is -0.463 e. The molecule has 6 nitrogen and oxygen atoms in total. The zero-order chi connectivity index (χ0) is 38.9. The zero-order valence-electron chi connectivity index (χ0n) is 35.8. The standard InChI is InChI=1S/C47H89NO5/c1-5-9-13-17-21-25-34-44(32-23-19-15-11-7-3)42-46(50)52-40-29-27-36-48(38-31-39-49)37-28-30-41-53-47(51)43-45(33-24-20-16-12-8-4)35-26-22-18-14-10-6-2/h42-43,49H,5-41H2,1-4H3/b44-42-,45-43-. The SMILES string of the molecule is CCCCCCCC/C(=C\C(=O)OCCCCN(CCCO)CCCCOC(=O)/C=C(/CCCCCCC)CCCCCCCC)CCCCCCC. The molecule has 0 saturated carbocycles. The van der Waals surface area contributed by atoms with E-state index >= 15 is 0 Å². The second kappa shape index (κ2) is 41.5. The van der Waals surface area contributed by atoms with E-state index in [0.717, 1.165) is 90.3 Å². The van der Waals surface area contributed by atoms with Gasteiger partial charge in [0.25, 0.3) is 0 Å². The number of carbonyl (C=O) groups is 2. The highest BCUT2D eigenvalue weighted by Gasteiger charge is 2.09. The topological polar surface area (TPSA) is 76.1 Å². The molecule has 0 aromatic rings. The largest absolute Gasteiger partial charge is 0.463 e. The highest BCUT2D eigenvalue weighted by Crippen LogP contribution is 2.20. The van der Waals surface area contributed by atoms with Gasteiger partial charge in [0.2, 0.25) is 0 Å². The number of esters is 2. The Hall–Kier alpha value is -1.66. The van der Waals surface area contributed by atoms with Crippen molar-refractivity contribution in [1.82, 2.24) is 4.90 Å². The van der Waals surface area contributed by atoms with Crippen molar-refractivity contribution in [3.63, 3.8) is 0 Å². The number of aliphatic hydroxyl groups excluding tert-OH is 1. The van der Waals surface area contributed by atoms with Crippen LogP contribution in [0.25, 0.3) is 0 Å². The first-order chi connectivity index (χ1) is 26.0. The van der Waals surface area contributed by atoms with Gasteiger partial charge in [-0.3, -0.25) is 0 Å². The summed E-state index contributed by atoms with van der Waals surface area (Å²) in [7, 11) is 0. The predicted octanol–water partition coefficient (Wildman–Crippen LogP) is 13.4. The van der Waals surface area contributed by atoms with Crippen molar-refractivity contribution in [2.24, 2.45) is 0 Å². The minimum absolute atomic E-state index is 0.178. The fourth-order valence-electron chi connectivity index (χ4n) is 6.98. The van der Waals surface area contributed by atoms with Gasteiger partial charge in [0.05, 0.1) is 13.2 Å². The van der Waals surface area contributed by atoms with E-state index in [1.54, 1.807) is 12.2 Å². The second-order valence-corrected chi connectivity index (χ2v) is 15.6. The summed E-state index contributed by atoms with van der Waals surface area (Å²) in [5.41, 5.74) is 2.54. The molecule has 0 aromatic carbocycles. The summed E-state index contributed by atoms with van der Waals surface area (Å²) in [6.07, 6.45) is 39.7. The molecule has 0 aromatic heterocycles. The number of hydrogen-bond donors (Lipinski definition) is 1. The third-order valence-electron chi connectivity index (χ3n) is 10.4. The summed E-state index contributed by atoms with van der Waals surface area (Å²) >= 11 is 0. The number of ether oxygens (including phenoxy) is 2. The molecule has 0 rings (SSSR count). The Kier molecular flexibility index (Phi) is 40.2. The molecule has 0 atom stereocenters. The molecule has 0 saturated heterocycles. The summed E-state index contributed by atoms with van der Waals surface area (Å²) in [5.74, 6) is -0.356. The molecule has 0 amide bonds. The van der Waals surface area contributed by atoms with Crippen LogP contribution in [0.15, 0.2) is 23.3 Å². The van der Waals surface area contributed by atoms with Crippen LogP contribution in [0.2, 0.25) is 0 Å². The lowest BCUT2D eigenvalue weighted by atomic mass is 9.99. The van der Waals surface area contributed by atoms with Crippen molar-refractivity contribution in [3.8, 4) is 0 Å². The lowest BCUT2D eigenvalue weighted by molar-refractivity contribution is -0.138. The first-order valence-corrected chi connectivity index (χ1v) is 23.1. The molecule has 0 spiro atoms. The van der Waals surface area contributed by atoms with Crippen molar-refractivity contribution in [2.45, 2.75) is 227 Å². The van der Waals surface area contributed by atoms with E-state index < -0.39 is 0 Å². The monoisotopic (exact) mass is 748 g/mol. The maximum absolute atomic E-state index is 12.7. The molecular formula is C47H89NO5. The van der Waals surface area contributed by atoms with Gasteiger partial charge in [-0.25, -0.2) is 9.59 Å². The first-order valence-electron chi connectivity index (χ1n) is 23.1. The lowest BCUT2D eigenvalue weighted by Crippen LogP contribution is -2.28. The Labute approximate surface area is 329 Å². The van der Waals surface area contributed by atoms with E-state index in [4.69, 9.17) is 9.47 Å². The molecule has 53 heavy (non-hydrogen) atoms. The molecular weight excluding hydrogens is 659 g/mol.